The van der Waals surface area contributed by atoms with Gasteiger partial charge in [-0.05, 0) is 31.0 Å². The first-order valence-corrected chi connectivity index (χ1v) is 10.9. The molecule has 0 radical (unpaired) electrons. The zero-order chi connectivity index (χ0) is 17.3. The SMILES string of the molecule is C[C@H]1CSc2ccc(S(=O)(=O)N(C)C3CCCCC3)cc2NC1=O. The van der Waals surface area contributed by atoms with Crippen molar-refractivity contribution in [2.45, 2.75) is 54.9 Å². The maximum absolute atomic E-state index is 13.0. The zero-order valence-corrected chi connectivity index (χ0v) is 15.8. The van der Waals surface area contributed by atoms with Crippen molar-refractivity contribution in [3.8, 4) is 0 Å². The third-order valence-electron chi connectivity index (χ3n) is 4.91. The highest BCUT2D eigenvalue weighted by Crippen LogP contribution is 2.35. The van der Waals surface area contributed by atoms with Gasteiger partial charge >= 0.3 is 0 Å². The minimum atomic E-state index is -3.54. The Morgan fingerprint density at radius 1 is 1.21 bits per heavy atom. The number of hydrogen-bond donors (Lipinski definition) is 1. The van der Waals surface area contributed by atoms with Gasteiger partial charge in [0.2, 0.25) is 15.9 Å². The van der Waals surface area contributed by atoms with Crippen LogP contribution in [-0.2, 0) is 14.8 Å². The van der Waals surface area contributed by atoms with E-state index in [0.29, 0.717) is 11.4 Å². The maximum Gasteiger partial charge on any atom is 0.243 e. The molecule has 1 amide bonds. The predicted molar refractivity (Wildman–Crippen MR) is 96.8 cm³/mol. The Hall–Kier alpha value is -1.05. The number of amides is 1. The average Bonchev–Trinajstić information content (AvgIpc) is 2.73. The zero-order valence-electron chi connectivity index (χ0n) is 14.1. The summed E-state index contributed by atoms with van der Waals surface area (Å²) in [4.78, 5) is 13.2. The molecule has 132 valence electrons. The summed E-state index contributed by atoms with van der Waals surface area (Å²) in [6.45, 7) is 1.88. The molecule has 24 heavy (non-hydrogen) atoms. The Bertz CT molecular complexity index is 727. The van der Waals surface area contributed by atoms with Crippen LogP contribution in [0.25, 0.3) is 0 Å². The second-order valence-electron chi connectivity index (χ2n) is 6.67. The van der Waals surface area contributed by atoms with Gasteiger partial charge in [0.15, 0.2) is 0 Å². The molecule has 1 heterocycles. The van der Waals surface area contributed by atoms with E-state index in [0.717, 1.165) is 30.6 Å². The van der Waals surface area contributed by atoms with E-state index < -0.39 is 10.0 Å². The van der Waals surface area contributed by atoms with Crippen LogP contribution in [0.4, 0.5) is 5.69 Å². The van der Waals surface area contributed by atoms with Gasteiger partial charge in [0.25, 0.3) is 0 Å². The van der Waals surface area contributed by atoms with Crippen LogP contribution in [0.3, 0.4) is 0 Å². The Labute approximate surface area is 148 Å². The normalized spacial score (nSPS) is 22.8. The Morgan fingerprint density at radius 2 is 1.92 bits per heavy atom. The first kappa shape index (κ1) is 17.8. The van der Waals surface area contributed by atoms with Gasteiger partial charge < -0.3 is 5.32 Å². The summed E-state index contributed by atoms with van der Waals surface area (Å²) in [5.41, 5.74) is 0.604. The van der Waals surface area contributed by atoms with Gasteiger partial charge in [-0.15, -0.1) is 11.8 Å². The van der Waals surface area contributed by atoms with Crippen LogP contribution >= 0.6 is 11.8 Å². The number of rotatable bonds is 3. The van der Waals surface area contributed by atoms with Crippen LogP contribution in [0.5, 0.6) is 0 Å². The molecule has 3 rings (SSSR count). The van der Waals surface area contributed by atoms with Crippen LogP contribution in [0.1, 0.15) is 39.0 Å². The van der Waals surface area contributed by atoms with E-state index in [1.165, 1.54) is 10.7 Å². The van der Waals surface area contributed by atoms with Crippen LogP contribution in [0, 0.1) is 5.92 Å². The number of carbonyl (C=O) groups excluding carboxylic acids is 1. The van der Waals surface area contributed by atoms with Gasteiger partial charge in [-0.2, -0.15) is 4.31 Å². The maximum atomic E-state index is 13.0. The number of thioether (sulfide) groups is 1. The van der Waals surface area contributed by atoms with Crippen LogP contribution in [-0.4, -0.2) is 37.5 Å². The van der Waals surface area contributed by atoms with Gasteiger partial charge in [0.1, 0.15) is 0 Å². The molecule has 7 heteroatoms. The molecule has 1 saturated carbocycles. The first-order valence-electron chi connectivity index (χ1n) is 8.45. The van der Waals surface area contributed by atoms with Crippen molar-refractivity contribution in [3.63, 3.8) is 0 Å². The molecule has 1 aromatic rings. The summed E-state index contributed by atoms with van der Waals surface area (Å²) in [7, 11) is -1.87. The lowest BCUT2D eigenvalue weighted by Crippen LogP contribution is -2.38. The van der Waals surface area contributed by atoms with Crippen LogP contribution in [0.15, 0.2) is 28.0 Å². The summed E-state index contributed by atoms with van der Waals surface area (Å²) < 4.78 is 27.4. The summed E-state index contributed by atoms with van der Waals surface area (Å²) in [6, 6.07) is 5.14. The van der Waals surface area contributed by atoms with E-state index >= 15 is 0 Å². The molecular weight excluding hydrogens is 344 g/mol. The summed E-state index contributed by atoms with van der Waals surface area (Å²) in [5.74, 6) is 0.552. The lowest BCUT2D eigenvalue weighted by atomic mass is 9.96. The molecule has 1 aliphatic heterocycles. The molecule has 1 aliphatic carbocycles. The number of hydrogen-bond acceptors (Lipinski definition) is 4. The molecule has 1 N–H and O–H groups in total. The molecule has 2 aliphatic rings. The van der Waals surface area contributed by atoms with Gasteiger partial charge in [0.05, 0.1) is 10.6 Å². The van der Waals surface area contributed by atoms with Crippen LogP contribution < -0.4 is 5.32 Å². The van der Waals surface area contributed by atoms with Crippen molar-refractivity contribution >= 4 is 33.4 Å². The van der Waals surface area contributed by atoms with E-state index in [1.807, 2.05) is 6.92 Å². The second-order valence-corrected chi connectivity index (χ2v) is 9.73. The number of sulfonamides is 1. The predicted octanol–water partition coefficient (Wildman–Crippen LogP) is 3.32. The fraction of sp³-hybridized carbons (Fsp3) is 0.588. The smallest absolute Gasteiger partial charge is 0.243 e. The fourth-order valence-corrected chi connectivity index (χ4v) is 5.70. The highest BCUT2D eigenvalue weighted by atomic mass is 32.2. The molecule has 0 bridgehead atoms. The van der Waals surface area contributed by atoms with E-state index in [4.69, 9.17) is 0 Å². The number of benzene rings is 1. The quantitative estimate of drug-likeness (QED) is 0.889. The van der Waals surface area contributed by atoms with Crippen molar-refractivity contribution in [3.05, 3.63) is 18.2 Å². The third-order valence-corrected chi connectivity index (χ3v) is 8.15. The lowest BCUT2D eigenvalue weighted by Gasteiger charge is -2.30. The number of anilines is 1. The van der Waals surface area contributed by atoms with Gasteiger partial charge in [-0.1, -0.05) is 26.2 Å². The van der Waals surface area contributed by atoms with Crippen molar-refractivity contribution < 1.29 is 13.2 Å². The number of fused-ring (bicyclic) bond motifs is 1. The Kier molecular flexibility index (Phi) is 5.22. The third kappa shape index (κ3) is 3.48. The topological polar surface area (TPSA) is 66.5 Å². The monoisotopic (exact) mass is 368 g/mol. The number of nitrogens with one attached hydrogen (secondary N) is 1. The summed E-state index contributed by atoms with van der Waals surface area (Å²) in [6.07, 6.45) is 5.19. The molecular formula is C17H24N2O3S2. The largest absolute Gasteiger partial charge is 0.325 e. The lowest BCUT2D eigenvalue weighted by molar-refractivity contribution is -0.118. The Balaban J connectivity index is 1.89. The molecule has 0 aromatic heterocycles. The fourth-order valence-electron chi connectivity index (χ4n) is 3.25. The van der Waals surface area contributed by atoms with Crippen molar-refractivity contribution in [1.82, 2.24) is 4.31 Å². The molecule has 1 aromatic carbocycles. The van der Waals surface area contributed by atoms with Crippen molar-refractivity contribution in [1.29, 1.82) is 0 Å². The van der Waals surface area contributed by atoms with E-state index in [9.17, 15) is 13.2 Å². The van der Waals surface area contributed by atoms with Crippen molar-refractivity contribution in [2.24, 2.45) is 5.92 Å². The first-order chi connectivity index (χ1) is 11.4. The highest BCUT2D eigenvalue weighted by Gasteiger charge is 2.30. The molecule has 5 nitrogen and oxygen atoms in total. The van der Waals surface area contributed by atoms with Crippen molar-refractivity contribution in [2.75, 3.05) is 18.1 Å². The van der Waals surface area contributed by atoms with Crippen LogP contribution in [0.2, 0.25) is 0 Å². The average molecular weight is 369 g/mol. The molecule has 0 unspecified atom stereocenters. The second kappa shape index (κ2) is 7.06. The number of carbonyl (C=O) groups is 1. The van der Waals surface area contributed by atoms with Gasteiger partial charge in [-0.25, -0.2) is 8.42 Å². The van der Waals surface area contributed by atoms with Gasteiger partial charge in [0, 0.05) is 29.7 Å². The standard InChI is InChI=1S/C17H24N2O3S2/c1-12-11-23-16-9-8-14(10-15(16)18-17(12)20)24(21,22)19(2)13-6-4-3-5-7-13/h8-10,12-13H,3-7,11H2,1-2H3,(H,18,20)/t12-/m0/s1. The van der Waals surface area contributed by atoms with Gasteiger partial charge in [-0.3, -0.25) is 4.79 Å². The summed E-state index contributed by atoms with van der Waals surface area (Å²) in [5, 5.41) is 2.86. The Morgan fingerprint density at radius 3 is 2.62 bits per heavy atom. The van der Waals surface area contributed by atoms with E-state index in [1.54, 1.807) is 37.0 Å². The minimum Gasteiger partial charge on any atom is -0.325 e. The summed E-state index contributed by atoms with van der Waals surface area (Å²) >= 11 is 1.59. The van der Waals surface area contributed by atoms with E-state index in [2.05, 4.69) is 5.32 Å². The molecule has 1 fully saturated rings. The number of nitrogens with zero attached hydrogens (tertiary/aromatic N) is 1. The highest BCUT2D eigenvalue weighted by molar-refractivity contribution is 7.99. The molecule has 0 spiro atoms. The minimum absolute atomic E-state index is 0.0589. The van der Waals surface area contributed by atoms with E-state index in [-0.39, 0.29) is 22.8 Å². The molecule has 0 saturated heterocycles. The molecule has 1 atom stereocenters.